The molecule has 6 aliphatic rings. The highest BCUT2D eigenvalue weighted by molar-refractivity contribution is 6.17. The number of fused-ring (bicyclic) bond motifs is 8. The molecule has 4 saturated heterocycles. The van der Waals surface area contributed by atoms with Crippen molar-refractivity contribution in [2.45, 2.75) is 61.9 Å². The monoisotopic (exact) mass is 836 g/mol. The minimum atomic E-state index is -1.51. The van der Waals surface area contributed by atoms with E-state index in [-0.39, 0.29) is 38.0 Å². The molecule has 0 aliphatic carbocycles. The third-order valence-electron chi connectivity index (χ3n) is 14.2. The lowest BCUT2D eigenvalue weighted by molar-refractivity contribution is -0.144. The van der Waals surface area contributed by atoms with Gasteiger partial charge in [0.05, 0.1) is 50.0 Å². The topological polar surface area (TPSA) is 180 Å². The van der Waals surface area contributed by atoms with E-state index in [9.17, 15) is 39.0 Å². The molecule has 6 amide bonds. The van der Waals surface area contributed by atoms with Gasteiger partial charge in [-0.3, -0.25) is 49.2 Å². The fourth-order valence-electron chi connectivity index (χ4n) is 11.5. The first-order valence-corrected chi connectivity index (χ1v) is 21.6. The average molecular weight is 837 g/mol. The van der Waals surface area contributed by atoms with Gasteiger partial charge >= 0.3 is 0 Å². The van der Waals surface area contributed by atoms with Crippen LogP contribution in [0.5, 0.6) is 0 Å². The van der Waals surface area contributed by atoms with Crippen molar-refractivity contribution in [1.29, 1.82) is 0 Å². The number of para-hydroxylation sites is 2. The average Bonchev–Trinajstić information content (AvgIpc) is 4.08. The third kappa shape index (κ3) is 5.69. The van der Waals surface area contributed by atoms with E-state index in [2.05, 4.69) is 10.6 Å². The number of aliphatic hydroxyl groups is 2. The number of imide groups is 2. The van der Waals surface area contributed by atoms with Crippen LogP contribution in [0.25, 0.3) is 0 Å². The molecule has 2 spiro atoms. The summed E-state index contributed by atoms with van der Waals surface area (Å²) in [6, 6.07) is 32.1. The summed E-state index contributed by atoms with van der Waals surface area (Å²) in [4.78, 5) is 91.7. The summed E-state index contributed by atoms with van der Waals surface area (Å²) in [7, 11) is 0. The highest BCUT2D eigenvalue weighted by Crippen LogP contribution is 2.56. The lowest BCUT2D eigenvalue weighted by atomic mass is 9.76. The molecule has 14 heteroatoms. The number of benzene rings is 4. The van der Waals surface area contributed by atoms with Crippen molar-refractivity contribution in [1.82, 2.24) is 20.4 Å². The van der Waals surface area contributed by atoms with Crippen LogP contribution in [0.15, 0.2) is 109 Å². The molecule has 14 nitrogen and oxygen atoms in total. The molecule has 62 heavy (non-hydrogen) atoms. The quantitative estimate of drug-likeness (QED) is 0.116. The van der Waals surface area contributed by atoms with Gasteiger partial charge in [-0.15, -0.1) is 0 Å². The Kier molecular flexibility index (Phi) is 9.93. The molecule has 0 saturated carbocycles. The normalized spacial score (nSPS) is 29.5. The molecule has 6 aliphatic heterocycles. The van der Waals surface area contributed by atoms with Crippen LogP contribution < -0.4 is 20.4 Å². The van der Waals surface area contributed by atoms with Gasteiger partial charge in [0.2, 0.25) is 23.6 Å². The minimum Gasteiger partial charge on any atom is -0.395 e. The van der Waals surface area contributed by atoms with Gasteiger partial charge < -0.3 is 20.0 Å². The predicted octanol–water partition coefficient (Wildman–Crippen LogP) is 2.56. The Balaban J connectivity index is 0.805. The number of likely N-dealkylation sites (tertiary alicyclic amines) is 2. The van der Waals surface area contributed by atoms with Gasteiger partial charge in [-0.05, 0) is 36.1 Å². The van der Waals surface area contributed by atoms with Crippen LogP contribution in [0.3, 0.4) is 0 Å². The van der Waals surface area contributed by atoms with E-state index in [1.165, 1.54) is 9.80 Å². The standard InChI is InChI=1S/C48H48N6O8/c55-27-33-37-39(47(49-33)31-19-9-11-21-35(31)53(45(47)61)25-29-15-5-3-6-16-29)43(59)51(41(37)57)23-13-1-2-14-24-52-42(58)38-34(28-56)50-48(40(38)44(52)60)32-20-10-12-22-36(32)54(46(48)62)26-30-17-7-4-8-18-30/h3-12,15-22,33-34,37-40,49-50,55-56H,1-2,13-14,23-28H2. The summed E-state index contributed by atoms with van der Waals surface area (Å²) >= 11 is 0. The van der Waals surface area contributed by atoms with Gasteiger partial charge in [0.1, 0.15) is 11.1 Å². The van der Waals surface area contributed by atoms with E-state index >= 15 is 0 Å². The van der Waals surface area contributed by atoms with E-state index in [4.69, 9.17) is 0 Å². The zero-order valence-electron chi connectivity index (χ0n) is 34.1. The van der Waals surface area contributed by atoms with Crippen molar-refractivity contribution in [3.63, 3.8) is 0 Å². The van der Waals surface area contributed by atoms with Crippen LogP contribution in [0.1, 0.15) is 47.9 Å². The Bertz CT molecular complexity index is 2310. The van der Waals surface area contributed by atoms with Crippen LogP contribution in [0.4, 0.5) is 11.4 Å². The van der Waals surface area contributed by atoms with Gasteiger partial charge in [-0.2, -0.15) is 0 Å². The molecular weight excluding hydrogens is 789 g/mol. The van der Waals surface area contributed by atoms with Crippen molar-refractivity contribution in [3.8, 4) is 0 Å². The van der Waals surface area contributed by atoms with Crippen LogP contribution in [-0.2, 0) is 52.9 Å². The van der Waals surface area contributed by atoms with E-state index in [1.54, 1.807) is 9.80 Å². The van der Waals surface area contributed by atoms with Crippen LogP contribution >= 0.6 is 0 Å². The number of nitrogens with zero attached hydrogens (tertiary/aromatic N) is 4. The number of hydrogen-bond acceptors (Lipinski definition) is 10. The number of rotatable bonds is 13. The van der Waals surface area contributed by atoms with Crippen molar-refractivity contribution in [2.24, 2.45) is 23.7 Å². The predicted molar refractivity (Wildman–Crippen MR) is 225 cm³/mol. The summed E-state index contributed by atoms with van der Waals surface area (Å²) in [6.45, 7) is -0.0431. The van der Waals surface area contributed by atoms with E-state index in [1.807, 2.05) is 109 Å². The molecule has 4 fully saturated rings. The third-order valence-corrected chi connectivity index (χ3v) is 14.2. The number of carbonyl (C=O) groups is 6. The van der Waals surface area contributed by atoms with Gasteiger partial charge in [-0.1, -0.05) is 110 Å². The highest BCUT2D eigenvalue weighted by atomic mass is 16.3. The van der Waals surface area contributed by atoms with Crippen molar-refractivity contribution in [2.75, 3.05) is 36.1 Å². The van der Waals surface area contributed by atoms with E-state index in [0.717, 1.165) is 11.1 Å². The number of nitrogens with one attached hydrogen (secondary N) is 2. The molecule has 10 rings (SSSR count). The Morgan fingerprint density at radius 1 is 0.452 bits per heavy atom. The Hall–Kier alpha value is -6.06. The van der Waals surface area contributed by atoms with E-state index in [0.29, 0.717) is 48.2 Å². The molecule has 8 unspecified atom stereocenters. The number of carbonyl (C=O) groups excluding carboxylic acids is 6. The molecule has 318 valence electrons. The smallest absolute Gasteiger partial charge is 0.253 e. The zero-order valence-corrected chi connectivity index (χ0v) is 34.1. The summed E-state index contributed by atoms with van der Waals surface area (Å²) in [5.41, 5.74) is 1.35. The summed E-state index contributed by atoms with van der Waals surface area (Å²) in [6.07, 6.45) is 2.09. The second-order valence-corrected chi connectivity index (χ2v) is 17.3. The highest BCUT2D eigenvalue weighted by Gasteiger charge is 2.73. The zero-order chi connectivity index (χ0) is 42.9. The lowest BCUT2D eigenvalue weighted by Gasteiger charge is -2.30. The molecule has 4 aromatic rings. The number of hydrogen-bond donors (Lipinski definition) is 4. The maximum Gasteiger partial charge on any atom is 0.253 e. The summed E-state index contributed by atoms with van der Waals surface area (Å²) in [5, 5.41) is 27.6. The minimum absolute atomic E-state index is 0.127. The second-order valence-electron chi connectivity index (χ2n) is 17.3. The molecule has 0 radical (unpaired) electrons. The molecule has 8 atom stereocenters. The summed E-state index contributed by atoms with van der Waals surface area (Å²) < 4.78 is 0. The maximum atomic E-state index is 14.6. The SMILES string of the molecule is O=C1C2C(CO)NC3(C(=O)N(Cc4ccccc4)c4ccccc43)C2C(=O)N1CCCCCCN1C(=O)C2C(CO)NC3(C(=O)N(Cc4ccccc4)c4ccccc43)C2C1=O. The lowest BCUT2D eigenvalue weighted by Crippen LogP contribution is -2.55. The molecule has 4 aromatic carbocycles. The number of anilines is 2. The second kappa shape index (κ2) is 15.4. The fraction of sp³-hybridized carbons (Fsp3) is 0.375. The number of unbranched alkanes of at least 4 members (excludes halogenated alkanes) is 3. The number of aliphatic hydroxyl groups excluding tert-OH is 2. The van der Waals surface area contributed by atoms with Crippen molar-refractivity contribution < 1.29 is 39.0 Å². The van der Waals surface area contributed by atoms with E-state index < -0.39 is 83.7 Å². The molecule has 0 aromatic heterocycles. The maximum absolute atomic E-state index is 14.6. The molecular formula is C48H48N6O8. The Morgan fingerprint density at radius 2 is 0.823 bits per heavy atom. The first-order chi connectivity index (χ1) is 30.2. The summed E-state index contributed by atoms with van der Waals surface area (Å²) in [5.74, 6) is -6.28. The van der Waals surface area contributed by atoms with Crippen LogP contribution in [0.2, 0.25) is 0 Å². The Morgan fingerprint density at radius 3 is 1.21 bits per heavy atom. The van der Waals surface area contributed by atoms with Gasteiger partial charge in [0.25, 0.3) is 11.8 Å². The largest absolute Gasteiger partial charge is 0.395 e. The molecule has 4 N–H and O–H groups in total. The number of amides is 6. The molecule has 6 heterocycles. The first-order valence-electron chi connectivity index (χ1n) is 21.6. The molecule has 0 bridgehead atoms. The Labute approximate surface area is 358 Å². The van der Waals surface area contributed by atoms with Crippen molar-refractivity contribution in [3.05, 3.63) is 131 Å². The van der Waals surface area contributed by atoms with Crippen molar-refractivity contribution >= 4 is 46.8 Å². The van der Waals surface area contributed by atoms with Gasteiger partial charge in [0.15, 0.2) is 0 Å². The first kappa shape index (κ1) is 40.0. The fourth-order valence-corrected chi connectivity index (χ4v) is 11.5. The van der Waals surface area contributed by atoms with Gasteiger partial charge in [-0.25, -0.2) is 0 Å². The van der Waals surface area contributed by atoms with Crippen LogP contribution in [-0.4, -0.2) is 93.8 Å². The van der Waals surface area contributed by atoms with Crippen LogP contribution in [0, 0.1) is 23.7 Å². The van der Waals surface area contributed by atoms with Gasteiger partial charge in [0, 0.05) is 47.7 Å².